The summed E-state index contributed by atoms with van der Waals surface area (Å²) in [7, 11) is 0. The summed E-state index contributed by atoms with van der Waals surface area (Å²) in [6.07, 6.45) is -5.30. The van der Waals surface area contributed by atoms with Gasteiger partial charge in [0.05, 0.1) is 18.4 Å². The van der Waals surface area contributed by atoms with Crippen molar-refractivity contribution in [2.45, 2.75) is 39.5 Å². The van der Waals surface area contributed by atoms with Gasteiger partial charge in [0.25, 0.3) is 0 Å². The standard InChI is InChI=1S/C8H13F3O2/c1-5(2)13-7(12)4-6(3)8(9,10)11/h5-6H,4H2,1-3H3. The molecule has 0 saturated carbocycles. The van der Waals surface area contributed by atoms with Crippen molar-refractivity contribution in [2.75, 3.05) is 0 Å². The van der Waals surface area contributed by atoms with Gasteiger partial charge in [-0.3, -0.25) is 4.79 Å². The van der Waals surface area contributed by atoms with Crippen LogP contribution in [-0.4, -0.2) is 18.2 Å². The van der Waals surface area contributed by atoms with E-state index in [4.69, 9.17) is 0 Å². The fourth-order valence-corrected chi connectivity index (χ4v) is 0.677. The Kier molecular flexibility index (Phi) is 4.23. The first-order valence-corrected chi connectivity index (χ1v) is 3.99. The van der Waals surface area contributed by atoms with Crippen molar-refractivity contribution in [2.24, 2.45) is 5.92 Å². The summed E-state index contributed by atoms with van der Waals surface area (Å²) in [5, 5.41) is 0. The summed E-state index contributed by atoms with van der Waals surface area (Å²) in [5.74, 6) is -2.45. The minimum Gasteiger partial charge on any atom is -0.463 e. The number of hydrogen-bond donors (Lipinski definition) is 0. The number of esters is 1. The van der Waals surface area contributed by atoms with Gasteiger partial charge in [-0.25, -0.2) is 0 Å². The Labute approximate surface area is 75.1 Å². The van der Waals surface area contributed by atoms with E-state index in [-0.39, 0.29) is 6.10 Å². The quantitative estimate of drug-likeness (QED) is 0.651. The zero-order valence-electron chi connectivity index (χ0n) is 7.81. The lowest BCUT2D eigenvalue weighted by atomic mass is 10.1. The molecule has 78 valence electrons. The topological polar surface area (TPSA) is 26.3 Å². The van der Waals surface area contributed by atoms with E-state index in [0.29, 0.717) is 0 Å². The van der Waals surface area contributed by atoms with E-state index in [0.717, 1.165) is 6.92 Å². The highest BCUT2D eigenvalue weighted by Gasteiger charge is 2.37. The van der Waals surface area contributed by atoms with E-state index in [1.54, 1.807) is 13.8 Å². The van der Waals surface area contributed by atoms with Crippen molar-refractivity contribution in [3.8, 4) is 0 Å². The number of hydrogen-bond acceptors (Lipinski definition) is 2. The minimum atomic E-state index is -4.32. The lowest BCUT2D eigenvalue weighted by molar-refractivity contribution is -0.181. The highest BCUT2D eigenvalue weighted by molar-refractivity contribution is 5.69. The highest BCUT2D eigenvalue weighted by Crippen LogP contribution is 2.28. The van der Waals surface area contributed by atoms with Crippen LogP contribution in [0.2, 0.25) is 0 Å². The fourth-order valence-electron chi connectivity index (χ4n) is 0.677. The molecular weight excluding hydrogens is 185 g/mol. The van der Waals surface area contributed by atoms with Crippen molar-refractivity contribution in [1.29, 1.82) is 0 Å². The molecule has 0 aromatic rings. The second-order valence-electron chi connectivity index (χ2n) is 3.19. The number of ether oxygens (including phenoxy) is 1. The third kappa shape index (κ3) is 5.49. The van der Waals surface area contributed by atoms with Crippen molar-refractivity contribution < 1.29 is 22.7 Å². The van der Waals surface area contributed by atoms with Crippen LogP contribution in [0.3, 0.4) is 0 Å². The summed E-state index contributed by atoms with van der Waals surface area (Å²) in [5.41, 5.74) is 0. The van der Waals surface area contributed by atoms with Gasteiger partial charge < -0.3 is 4.74 Å². The molecule has 2 nitrogen and oxygen atoms in total. The first-order chi connectivity index (χ1) is 5.73. The SMILES string of the molecule is CC(C)OC(=O)CC(C)C(F)(F)F. The van der Waals surface area contributed by atoms with E-state index < -0.39 is 24.5 Å². The molecular formula is C8H13F3O2. The molecule has 0 aliphatic heterocycles. The third-order valence-electron chi connectivity index (χ3n) is 1.40. The molecule has 0 rings (SSSR count). The number of halogens is 3. The van der Waals surface area contributed by atoms with Crippen LogP contribution in [0.25, 0.3) is 0 Å². The molecule has 1 unspecified atom stereocenters. The van der Waals surface area contributed by atoms with Gasteiger partial charge in [-0.1, -0.05) is 6.92 Å². The Bertz CT molecular complexity index is 175. The lowest BCUT2D eigenvalue weighted by Crippen LogP contribution is -2.24. The van der Waals surface area contributed by atoms with E-state index in [1.807, 2.05) is 0 Å². The van der Waals surface area contributed by atoms with Crippen LogP contribution in [-0.2, 0) is 9.53 Å². The Morgan fingerprint density at radius 2 is 1.77 bits per heavy atom. The number of alkyl halides is 3. The molecule has 13 heavy (non-hydrogen) atoms. The Balaban J connectivity index is 3.93. The molecule has 0 aromatic carbocycles. The molecule has 0 heterocycles. The average Bonchev–Trinajstić information content (AvgIpc) is 1.82. The molecule has 0 spiro atoms. The average molecular weight is 198 g/mol. The highest BCUT2D eigenvalue weighted by atomic mass is 19.4. The van der Waals surface area contributed by atoms with Crippen molar-refractivity contribution in [3.05, 3.63) is 0 Å². The molecule has 0 aliphatic carbocycles. The van der Waals surface area contributed by atoms with Crippen molar-refractivity contribution in [3.63, 3.8) is 0 Å². The van der Waals surface area contributed by atoms with Gasteiger partial charge in [0.1, 0.15) is 0 Å². The van der Waals surface area contributed by atoms with E-state index in [2.05, 4.69) is 4.74 Å². The predicted octanol–water partition coefficient (Wildman–Crippen LogP) is 2.53. The smallest absolute Gasteiger partial charge is 0.392 e. The summed E-state index contributed by atoms with van der Waals surface area (Å²) in [4.78, 5) is 10.8. The maximum absolute atomic E-state index is 11.9. The zero-order valence-corrected chi connectivity index (χ0v) is 7.81. The van der Waals surface area contributed by atoms with Gasteiger partial charge in [0.2, 0.25) is 0 Å². The fraction of sp³-hybridized carbons (Fsp3) is 0.875. The maximum atomic E-state index is 11.9. The van der Waals surface area contributed by atoms with Gasteiger partial charge in [0, 0.05) is 0 Å². The van der Waals surface area contributed by atoms with Crippen LogP contribution in [0.5, 0.6) is 0 Å². The maximum Gasteiger partial charge on any atom is 0.392 e. The van der Waals surface area contributed by atoms with E-state index >= 15 is 0 Å². The molecule has 0 radical (unpaired) electrons. The Morgan fingerprint density at radius 3 is 2.08 bits per heavy atom. The molecule has 0 N–H and O–H groups in total. The van der Waals surface area contributed by atoms with E-state index in [9.17, 15) is 18.0 Å². The van der Waals surface area contributed by atoms with Crippen LogP contribution in [0, 0.1) is 5.92 Å². The summed E-state index contributed by atoms with van der Waals surface area (Å²) < 4.78 is 40.4. The zero-order chi connectivity index (χ0) is 10.6. The molecule has 0 aromatic heterocycles. The minimum absolute atomic E-state index is 0.368. The summed E-state index contributed by atoms with van der Waals surface area (Å²) in [6, 6.07) is 0. The van der Waals surface area contributed by atoms with Crippen LogP contribution >= 0.6 is 0 Å². The van der Waals surface area contributed by atoms with Crippen LogP contribution in [0.1, 0.15) is 27.2 Å². The summed E-state index contributed by atoms with van der Waals surface area (Å²) in [6.45, 7) is 4.15. The lowest BCUT2D eigenvalue weighted by Gasteiger charge is -2.15. The van der Waals surface area contributed by atoms with Crippen LogP contribution in [0.4, 0.5) is 13.2 Å². The first-order valence-electron chi connectivity index (χ1n) is 3.99. The second kappa shape index (κ2) is 4.48. The molecule has 0 bridgehead atoms. The normalized spacial score (nSPS) is 14.4. The largest absolute Gasteiger partial charge is 0.463 e. The predicted molar refractivity (Wildman–Crippen MR) is 41.1 cm³/mol. The Hall–Kier alpha value is -0.740. The van der Waals surface area contributed by atoms with Gasteiger partial charge in [-0.05, 0) is 13.8 Å². The third-order valence-corrected chi connectivity index (χ3v) is 1.40. The van der Waals surface area contributed by atoms with Crippen LogP contribution in [0.15, 0.2) is 0 Å². The van der Waals surface area contributed by atoms with Crippen molar-refractivity contribution in [1.82, 2.24) is 0 Å². The number of carbonyl (C=O) groups is 1. The van der Waals surface area contributed by atoms with Gasteiger partial charge >= 0.3 is 12.1 Å². The number of carbonyl (C=O) groups excluding carboxylic acids is 1. The van der Waals surface area contributed by atoms with Crippen LogP contribution < -0.4 is 0 Å². The van der Waals surface area contributed by atoms with E-state index in [1.165, 1.54) is 0 Å². The summed E-state index contributed by atoms with van der Waals surface area (Å²) >= 11 is 0. The molecule has 0 aliphatic rings. The molecule has 0 amide bonds. The second-order valence-corrected chi connectivity index (χ2v) is 3.19. The number of rotatable bonds is 3. The molecule has 0 saturated heterocycles. The van der Waals surface area contributed by atoms with Crippen molar-refractivity contribution >= 4 is 5.97 Å². The molecule has 5 heteroatoms. The Morgan fingerprint density at radius 1 is 1.31 bits per heavy atom. The van der Waals surface area contributed by atoms with Gasteiger partial charge in [-0.2, -0.15) is 13.2 Å². The van der Waals surface area contributed by atoms with Gasteiger partial charge in [-0.15, -0.1) is 0 Å². The van der Waals surface area contributed by atoms with Gasteiger partial charge in [0.15, 0.2) is 0 Å². The first kappa shape index (κ1) is 12.3. The molecule has 0 fully saturated rings. The monoisotopic (exact) mass is 198 g/mol. The molecule has 1 atom stereocenters.